The smallest absolute Gasteiger partial charge is 0.00990 e. The fraction of sp³-hybridized carbons (Fsp3) is 0. The largest absolute Gasteiger partial charge is 0.0622 e. The van der Waals surface area contributed by atoms with Gasteiger partial charge < -0.3 is 0 Å². The van der Waals surface area contributed by atoms with Crippen molar-refractivity contribution in [1.29, 1.82) is 0 Å². The van der Waals surface area contributed by atoms with Crippen molar-refractivity contribution in [2.24, 2.45) is 0 Å². The fourth-order valence-corrected chi connectivity index (χ4v) is 9.53. The molecule has 0 heterocycles. The summed E-state index contributed by atoms with van der Waals surface area (Å²) in [5.41, 5.74) is 12.4. The molecular formula is C60H38. The van der Waals surface area contributed by atoms with Gasteiger partial charge in [-0.15, -0.1) is 0 Å². The summed E-state index contributed by atoms with van der Waals surface area (Å²) in [5, 5.41) is 15.1. The molecule has 0 fully saturated rings. The summed E-state index contributed by atoms with van der Waals surface area (Å²) in [6, 6.07) is 85.1. The van der Waals surface area contributed by atoms with E-state index in [1.54, 1.807) is 0 Å². The van der Waals surface area contributed by atoms with E-state index in [1.807, 2.05) is 0 Å². The van der Waals surface area contributed by atoms with Crippen molar-refractivity contribution in [3.05, 3.63) is 231 Å². The van der Waals surface area contributed by atoms with Crippen LogP contribution in [0.2, 0.25) is 0 Å². The first-order chi connectivity index (χ1) is 29.7. The van der Waals surface area contributed by atoms with Gasteiger partial charge in [-0.2, -0.15) is 0 Å². The van der Waals surface area contributed by atoms with E-state index in [1.165, 1.54) is 120 Å². The van der Waals surface area contributed by atoms with Crippen LogP contribution in [0.3, 0.4) is 0 Å². The first kappa shape index (κ1) is 34.3. The molecule has 0 aliphatic rings. The molecule has 12 aromatic rings. The van der Waals surface area contributed by atoms with E-state index in [0.717, 1.165) is 0 Å². The third kappa shape index (κ3) is 5.84. The van der Waals surface area contributed by atoms with Gasteiger partial charge in [-0.25, -0.2) is 0 Å². The third-order valence-electron chi connectivity index (χ3n) is 12.6. The Morgan fingerprint density at radius 1 is 0.150 bits per heavy atom. The number of rotatable bonds is 5. The van der Waals surface area contributed by atoms with E-state index in [-0.39, 0.29) is 0 Å². The molecule has 0 nitrogen and oxygen atoms in total. The number of benzene rings is 12. The molecule has 278 valence electrons. The highest BCUT2D eigenvalue weighted by Crippen LogP contribution is 2.40. The van der Waals surface area contributed by atoms with Crippen molar-refractivity contribution in [2.45, 2.75) is 0 Å². The standard InChI is InChI=1S/C60H38/c1-3-11-39(12-4-1)51-35-43-15-7-9-17-53(43)59(37-51)49-25-29-57-47(33-49)21-19-45-31-41(23-27-55(45)57)42-24-28-56-46(32-42)20-22-48-34-50(26-30-58(48)56)60-38-52(40-13-5-2-6-14-40)36-44-16-8-10-18-54(44)60/h1-38H. The molecule has 0 unspecified atom stereocenters. The SMILES string of the molecule is c1ccc(-c2cc(-c3ccc4c(ccc5cc(-c6ccc7c(ccc8cc(-c9cc(-c%10ccccc%10)cc%10ccccc9%10)ccc87)c6)ccc54)c3)c3ccccc3c2)cc1. The van der Waals surface area contributed by atoms with Crippen molar-refractivity contribution in [2.75, 3.05) is 0 Å². The predicted octanol–water partition coefficient (Wildman–Crippen LogP) is 16.9. The number of hydrogen-bond donors (Lipinski definition) is 0. The molecule has 0 spiro atoms. The second-order valence-corrected chi connectivity index (χ2v) is 16.1. The Morgan fingerprint density at radius 3 is 0.850 bits per heavy atom. The van der Waals surface area contributed by atoms with Crippen LogP contribution < -0.4 is 0 Å². The van der Waals surface area contributed by atoms with Crippen LogP contribution in [0.5, 0.6) is 0 Å². The maximum absolute atomic E-state index is 2.36. The minimum absolute atomic E-state index is 1.23. The van der Waals surface area contributed by atoms with Gasteiger partial charge in [0, 0.05) is 0 Å². The Balaban J connectivity index is 0.889. The van der Waals surface area contributed by atoms with Crippen LogP contribution in [-0.4, -0.2) is 0 Å². The Bertz CT molecular complexity index is 3390. The van der Waals surface area contributed by atoms with Crippen molar-refractivity contribution in [1.82, 2.24) is 0 Å². The van der Waals surface area contributed by atoms with E-state index >= 15 is 0 Å². The molecule has 0 aliphatic heterocycles. The van der Waals surface area contributed by atoms with Gasteiger partial charge in [0.15, 0.2) is 0 Å². The fourth-order valence-electron chi connectivity index (χ4n) is 9.53. The van der Waals surface area contributed by atoms with E-state index in [9.17, 15) is 0 Å². The molecule has 0 heteroatoms. The molecular weight excluding hydrogens is 721 g/mol. The average molecular weight is 759 g/mol. The maximum atomic E-state index is 2.36. The molecule has 0 saturated heterocycles. The van der Waals surface area contributed by atoms with Gasteiger partial charge in [-0.05, 0) is 169 Å². The zero-order valence-corrected chi connectivity index (χ0v) is 32.9. The van der Waals surface area contributed by atoms with Crippen molar-refractivity contribution >= 4 is 64.6 Å². The first-order valence-corrected chi connectivity index (χ1v) is 20.8. The van der Waals surface area contributed by atoms with Gasteiger partial charge >= 0.3 is 0 Å². The molecule has 0 bridgehead atoms. The summed E-state index contributed by atoms with van der Waals surface area (Å²) >= 11 is 0. The van der Waals surface area contributed by atoms with Crippen LogP contribution >= 0.6 is 0 Å². The molecule has 0 saturated carbocycles. The summed E-state index contributed by atoms with van der Waals surface area (Å²) in [6.07, 6.45) is 0. The van der Waals surface area contributed by atoms with E-state index in [4.69, 9.17) is 0 Å². The minimum atomic E-state index is 1.23. The molecule has 0 radical (unpaired) electrons. The summed E-state index contributed by atoms with van der Waals surface area (Å²) < 4.78 is 0. The highest BCUT2D eigenvalue weighted by Gasteiger charge is 2.13. The zero-order chi connectivity index (χ0) is 39.6. The predicted molar refractivity (Wildman–Crippen MR) is 259 cm³/mol. The van der Waals surface area contributed by atoms with Crippen LogP contribution in [0, 0.1) is 0 Å². The average Bonchev–Trinajstić information content (AvgIpc) is 3.33. The lowest BCUT2D eigenvalue weighted by Crippen LogP contribution is -1.87. The molecule has 0 N–H and O–H groups in total. The highest BCUT2D eigenvalue weighted by atomic mass is 14.2. The lowest BCUT2D eigenvalue weighted by atomic mass is 9.90. The van der Waals surface area contributed by atoms with Crippen molar-refractivity contribution < 1.29 is 0 Å². The van der Waals surface area contributed by atoms with Gasteiger partial charge in [0.05, 0.1) is 0 Å². The molecule has 0 atom stereocenters. The zero-order valence-electron chi connectivity index (χ0n) is 32.9. The molecule has 12 aromatic carbocycles. The maximum Gasteiger partial charge on any atom is -0.00990 e. The highest BCUT2D eigenvalue weighted by molar-refractivity contribution is 6.13. The second-order valence-electron chi connectivity index (χ2n) is 16.1. The second kappa shape index (κ2) is 13.9. The molecule has 60 heavy (non-hydrogen) atoms. The van der Waals surface area contributed by atoms with Crippen LogP contribution in [0.4, 0.5) is 0 Å². The Morgan fingerprint density at radius 2 is 0.450 bits per heavy atom. The molecule has 0 amide bonds. The Kier molecular flexibility index (Phi) is 7.96. The van der Waals surface area contributed by atoms with Gasteiger partial charge in [-0.3, -0.25) is 0 Å². The summed E-state index contributed by atoms with van der Waals surface area (Å²) in [5.74, 6) is 0. The van der Waals surface area contributed by atoms with Gasteiger partial charge in [0.25, 0.3) is 0 Å². The summed E-state index contributed by atoms with van der Waals surface area (Å²) in [7, 11) is 0. The molecule has 0 aromatic heterocycles. The van der Waals surface area contributed by atoms with Gasteiger partial charge in [-0.1, -0.05) is 182 Å². The van der Waals surface area contributed by atoms with E-state index < -0.39 is 0 Å². The number of hydrogen-bond acceptors (Lipinski definition) is 0. The van der Waals surface area contributed by atoms with E-state index in [2.05, 4.69) is 231 Å². The Labute approximate surface area is 349 Å². The van der Waals surface area contributed by atoms with Crippen LogP contribution in [0.15, 0.2) is 231 Å². The van der Waals surface area contributed by atoms with Gasteiger partial charge in [0.1, 0.15) is 0 Å². The topological polar surface area (TPSA) is 0 Å². The first-order valence-electron chi connectivity index (χ1n) is 20.8. The van der Waals surface area contributed by atoms with Gasteiger partial charge in [0.2, 0.25) is 0 Å². The quantitative estimate of drug-likeness (QED) is 0.153. The van der Waals surface area contributed by atoms with Crippen LogP contribution in [0.25, 0.3) is 120 Å². The number of fused-ring (bicyclic) bond motifs is 8. The molecule has 0 aliphatic carbocycles. The normalized spacial score (nSPS) is 11.7. The third-order valence-corrected chi connectivity index (χ3v) is 12.6. The lowest BCUT2D eigenvalue weighted by Gasteiger charge is -2.14. The van der Waals surface area contributed by atoms with E-state index in [0.29, 0.717) is 0 Å². The lowest BCUT2D eigenvalue weighted by molar-refractivity contribution is 1.63. The minimum Gasteiger partial charge on any atom is -0.0622 e. The van der Waals surface area contributed by atoms with Crippen LogP contribution in [-0.2, 0) is 0 Å². The Hall–Kier alpha value is -7.80. The molecule has 12 rings (SSSR count). The van der Waals surface area contributed by atoms with Crippen molar-refractivity contribution in [3.8, 4) is 55.6 Å². The summed E-state index contributed by atoms with van der Waals surface area (Å²) in [6.45, 7) is 0. The van der Waals surface area contributed by atoms with Crippen LogP contribution in [0.1, 0.15) is 0 Å². The summed E-state index contributed by atoms with van der Waals surface area (Å²) in [4.78, 5) is 0. The monoisotopic (exact) mass is 758 g/mol. The van der Waals surface area contributed by atoms with Crippen molar-refractivity contribution in [3.63, 3.8) is 0 Å².